The summed E-state index contributed by atoms with van der Waals surface area (Å²) in [6.07, 6.45) is 0.409. The van der Waals surface area contributed by atoms with Crippen molar-refractivity contribution in [2.75, 3.05) is 6.54 Å². The van der Waals surface area contributed by atoms with Crippen molar-refractivity contribution in [1.82, 2.24) is 0 Å². The van der Waals surface area contributed by atoms with Crippen molar-refractivity contribution in [3.63, 3.8) is 0 Å². The lowest BCUT2D eigenvalue weighted by molar-refractivity contribution is 0.0265. The molecule has 1 aromatic carbocycles. The van der Waals surface area contributed by atoms with Crippen LogP contribution in [-0.4, -0.2) is 17.8 Å². The molecule has 0 spiro atoms. The van der Waals surface area contributed by atoms with Crippen LogP contribution in [0.25, 0.3) is 0 Å². The minimum absolute atomic E-state index is 0.112. The molecular formula is C14H22ClNO. The van der Waals surface area contributed by atoms with E-state index in [4.69, 9.17) is 17.3 Å². The standard InChI is InChI=1S/C14H22ClNO/c1-4-14(2,3)13(17)11(9-16)10-7-5-6-8-12(10)15/h5-8,11,13,17H,4,9,16H2,1-3H3. The molecule has 0 aliphatic carbocycles. The zero-order valence-electron chi connectivity index (χ0n) is 10.8. The second-order valence-electron chi connectivity index (χ2n) is 5.15. The summed E-state index contributed by atoms with van der Waals surface area (Å²) < 4.78 is 0. The van der Waals surface area contributed by atoms with E-state index in [0.29, 0.717) is 11.6 Å². The fourth-order valence-electron chi connectivity index (χ4n) is 1.96. The van der Waals surface area contributed by atoms with Gasteiger partial charge in [0.1, 0.15) is 0 Å². The second kappa shape index (κ2) is 5.85. The molecule has 17 heavy (non-hydrogen) atoms. The highest BCUT2D eigenvalue weighted by molar-refractivity contribution is 6.31. The quantitative estimate of drug-likeness (QED) is 0.849. The second-order valence-corrected chi connectivity index (χ2v) is 5.56. The Kier molecular flexibility index (Phi) is 4.99. The van der Waals surface area contributed by atoms with Crippen LogP contribution >= 0.6 is 11.6 Å². The highest BCUT2D eigenvalue weighted by Gasteiger charge is 2.33. The molecule has 3 heteroatoms. The maximum absolute atomic E-state index is 10.5. The molecule has 0 aromatic heterocycles. The van der Waals surface area contributed by atoms with E-state index in [0.717, 1.165) is 12.0 Å². The minimum Gasteiger partial charge on any atom is -0.392 e. The Balaban J connectivity index is 3.04. The lowest BCUT2D eigenvalue weighted by Crippen LogP contribution is -2.37. The SMILES string of the molecule is CCC(C)(C)C(O)C(CN)c1ccccc1Cl. The maximum atomic E-state index is 10.5. The van der Waals surface area contributed by atoms with Crippen LogP contribution in [-0.2, 0) is 0 Å². The molecule has 0 aliphatic heterocycles. The smallest absolute Gasteiger partial charge is 0.0672 e. The molecule has 0 saturated carbocycles. The van der Waals surface area contributed by atoms with Gasteiger partial charge in [0.15, 0.2) is 0 Å². The van der Waals surface area contributed by atoms with E-state index < -0.39 is 6.10 Å². The molecule has 2 unspecified atom stereocenters. The fourth-order valence-corrected chi connectivity index (χ4v) is 2.23. The largest absolute Gasteiger partial charge is 0.392 e. The number of hydrogen-bond donors (Lipinski definition) is 2. The molecule has 2 atom stereocenters. The molecule has 3 N–H and O–H groups in total. The van der Waals surface area contributed by atoms with Gasteiger partial charge in [-0.15, -0.1) is 0 Å². The Labute approximate surface area is 109 Å². The number of benzene rings is 1. The van der Waals surface area contributed by atoms with Crippen LogP contribution in [0.15, 0.2) is 24.3 Å². The summed E-state index contributed by atoms with van der Waals surface area (Å²) in [4.78, 5) is 0. The van der Waals surface area contributed by atoms with E-state index in [1.165, 1.54) is 0 Å². The molecule has 0 amide bonds. The topological polar surface area (TPSA) is 46.2 Å². The highest BCUT2D eigenvalue weighted by atomic mass is 35.5. The van der Waals surface area contributed by atoms with Crippen molar-refractivity contribution in [3.05, 3.63) is 34.9 Å². The van der Waals surface area contributed by atoms with Gasteiger partial charge < -0.3 is 10.8 Å². The summed E-state index contributed by atoms with van der Waals surface area (Å²) in [5.41, 5.74) is 6.58. The van der Waals surface area contributed by atoms with E-state index in [1.807, 2.05) is 24.3 Å². The van der Waals surface area contributed by atoms with Gasteiger partial charge in [-0.05, 0) is 23.5 Å². The molecule has 0 heterocycles. The Morgan fingerprint density at radius 2 is 1.94 bits per heavy atom. The lowest BCUT2D eigenvalue weighted by atomic mass is 9.75. The predicted molar refractivity (Wildman–Crippen MR) is 73.3 cm³/mol. The Morgan fingerprint density at radius 3 is 2.41 bits per heavy atom. The first-order valence-electron chi connectivity index (χ1n) is 6.06. The fraction of sp³-hybridized carbons (Fsp3) is 0.571. The van der Waals surface area contributed by atoms with Gasteiger partial charge in [0.2, 0.25) is 0 Å². The van der Waals surface area contributed by atoms with Gasteiger partial charge in [0.25, 0.3) is 0 Å². The molecule has 0 bridgehead atoms. The van der Waals surface area contributed by atoms with Gasteiger partial charge in [-0.2, -0.15) is 0 Å². The van der Waals surface area contributed by atoms with Crippen molar-refractivity contribution in [2.45, 2.75) is 39.2 Å². The number of rotatable bonds is 5. The first-order valence-corrected chi connectivity index (χ1v) is 6.44. The summed E-state index contributed by atoms with van der Waals surface area (Å²) in [7, 11) is 0. The third kappa shape index (κ3) is 3.21. The molecule has 1 aromatic rings. The lowest BCUT2D eigenvalue weighted by Gasteiger charge is -2.35. The zero-order chi connectivity index (χ0) is 13.1. The van der Waals surface area contributed by atoms with Gasteiger partial charge in [-0.25, -0.2) is 0 Å². The third-order valence-corrected chi connectivity index (χ3v) is 4.00. The highest BCUT2D eigenvalue weighted by Crippen LogP contribution is 2.36. The summed E-state index contributed by atoms with van der Waals surface area (Å²) in [6.45, 7) is 6.58. The minimum atomic E-state index is -0.489. The van der Waals surface area contributed by atoms with Crippen LogP contribution < -0.4 is 5.73 Å². The molecule has 2 nitrogen and oxygen atoms in total. The molecule has 0 radical (unpaired) electrons. The Bertz CT molecular complexity index is 365. The molecule has 1 rings (SSSR count). The first-order chi connectivity index (χ1) is 7.94. The normalized spacial score (nSPS) is 15.6. The van der Waals surface area contributed by atoms with Crippen molar-refractivity contribution in [2.24, 2.45) is 11.1 Å². The number of aliphatic hydroxyl groups is 1. The van der Waals surface area contributed by atoms with Crippen LogP contribution in [0.3, 0.4) is 0 Å². The van der Waals surface area contributed by atoms with E-state index in [9.17, 15) is 5.11 Å². The van der Waals surface area contributed by atoms with E-state index in [-0.39, 0.29) is 11.3 Å². The van der Waals surface area contributed by atoms with Gasteiger partial charge in [-0.3, -0.25) is 0 Å². The predicted octanol–water partition coefficient (Wildman–Crippen LogP) is 3.18. The van der Waals surface area contributed by atoms with Crippen LogP contribution in [0.1, 0.15) is 38.7 Å². The Hall–Kier alpha value is -0.570. The van der Waals surface area contributed by atoms with Gasteiger partial charge in [0.05, 0.1) is 6.10 Å². The van der Waals surface area contributed by atoms with Crippen LogP contribution in [0.4, 0.5) is 0 Å². The molecule has 0 fully saturated rings. The van der Waals surface area contributed by atoms with Gasteiger partial charge in [-0.1, -0.05) is 50.6 Å². The molecule has 0 aliphatic rings. The van der Waals surface area contributed by atoms with E-state index in [2.05, 4.69) is 20.8 Å². The van der Waals surface area contributed by atoms with Gasteiger partial charge >= 0.3 is 0 Å². The van der Waals surface area contributed by atoms with Crippen LogP contribution in [0.5, 0.6) is 0 Å². The average molecular weight is 256 g/mol. The number of nitrogens with two attached hydrogens (primary N) is 1. The number of hydrogen-bond acceptors (Lipinski definition) is 2. The van der Waals surface area contributed by atoms with Crippen LogP contribution in [0.2, 0.25) is 5.02 Å². The average Bonchev–Trinajstić information content (AvgIpc) is 2.32. The summed E-state index contributed by atoms with van der Waals surface area (Å²) >= 11 is 6.17. The Morgan fingerprint density at radius 1 is 1.35 bits per heavy atom. The molecular weight excluding hydrogens is 234 g/mol. The maximum Gasteiger partial charge on any atom is 0.0672 e. The van der Waals surface area contributed by atoms with Gasteiger partial charge in [0, 0.05) is 17.5 Å². The summed E-state index contributed by atoms with van der Waals surface area (Å²) in [5.74, 6) is -0.112. The number of aliphatic hydroxyl groups excluding tert-OH is 1. The van der Waals surface area contributed by atoms with E-state index >= 15 is 0 Å². The van der Waals surface area contributed by atoms with Crippen molar-refractivity contribution < 1.29 is 5.11 Å². The molecule has 0 saturated heterocycles. The van der Waals surface area contributed by atoms with Crippen molar-refractivity contribution >= 4 is 11.6 Å². The summed E-state index contributed by atoms with van der Waals surface area (Å²) in [5, 5.41) is 11.2. The number of halogens is 1. The monoisotopic (exact) mass is 255 g/mol. The van der Waals surface area contributed by atoms with E-state index in [1.54, 1.807) is 0 Å². The third-order valence-electron chi connectivity index (χ3n) is 3.65. The zero-order valence-corrected chi connectivity index (χ0v) is 11.5. The molecule has 96 valence electrons. The first kappa shape index (κ1) is 14.5. The van der Waals surface area contributed by atoms with Crippen LogP contribution in [0, 0.1) is 5.41 Å². The van der Waals surface area contributed by atoms with Crippen molar-refractivity contribution in [3.8, 4) is 0 Å². The summed E-state index contributed by atoms with van der Waals surface area (Å²) in [6, 6.07) is 7.59. The van der Waals surface area contributed by atoms with Crippen molar-refractivity contribution in [1.29, 1.82) is 0 Å².